The van der Waals surface area contributed by atoms with Crippen LogP contribution >= 0.6 is 0 Å². The lowest BCUT2D eigenvalue weighted by Gasteiger charge is -2.17. The highest BCUT2D eigenvalue weighted by Gasteiger charge is 2.21. The molecule has 0 spiro atoms. The normalized spacial score (nSPS) is 11.3. The summed E-state index contributed by atoms with van der Waals surface area (Å²) >= 11 is 0. The molecule has 0 amide bonds. The van der Waals surface area contributed by atoms with Crippen LogP contribution in [0.3, 0.4) is 0 Å². The minimum absolute atomic E-state index is 0.516. The molecule has 0 aliphatic heterocycles. The number of rotatable bonds is 4. The quantitative estimate of drug-likeness (QED) is 0.199. The standard InChI is InChI=1S/C44H26N4/c45-27-31-24-23-30(29-11-9-13-33(25-29)47-39-18-5-1-14-34(39)35-15-2-6-19-40(35)47)26-38(31)44-32(28-46)12-10-22-43(44)48-41-20-7-3-16-36(41)37-17-4-8-21-42(37)48/h1-26H. The van der Waals surface area contributed by atoms with Crippen LogP contribution in [0.25, 0.3) is 77.2 Å². The van der Waals surface area contributed by atoms with E-state index in [0.29, 0.717) is 11.1 Å². The molecule has 0 bridgehead atoms. The first-order valence-corrected chi connectivity index (χ1v) is 15.9. The minimum Gasteiger partial charge on any atom is -0.309 e. The Morgan fingerprint density at radius 3 is 1.46 bits per heavy atom. The van der Waals surface area contributed by atoms with Gasteiger partial charge in [0.25, 0.3) is 0 Å². The van der Waals surface area contributed by atoms with Gasteiger partial charge in [-0.25, -0.2) is 0 Å². The molecule has 0 atom stereocenters. The summed E-state index contributed by atoms with van der Waals surface area (Å²) in [6.07, 6.45) is 0. The molecule has 9 aromatic rings. The van der Waals surface area contributed by atoms with Crippen LogP contribution < -0.4 is 0 Å². The third kappa shape index (κ3) is 4.07. The molecule has 0 fully saturated rings. The molecule has 48 heavy (non-hydrogen) atoms. The van der Waals surface area contributed by atoms with Crippen molar-refractivity contribution in [1.29, 1.82) is 10.5 Å². The fourth-order valence-electron chi connectivity index (χ4n) is 7.34. The Bertz CT molecular complexity index is 2710. The zero-order valence-corrected chi connectivity index (χ0v) is 25.8. The van der Waals surface area contributed by atoms with Gasteiger partial charge >= 0.3 is 0 Å². The highest BCUT2D eigenvalue weighted by Crippen LogP contribution is 2.40. The lowest BCUT2D eigenvalue weighted by atomic mass is 9.91. The van der Waals surface area contributed by atoms with E-state index in [1.807, 2.05) is 42.5 Å². The lowest BCUT2D eigenvalue weighted by Crippen LogP contribution is -2.01. The van der Waals surface area contributed by atoms with E-state index >= 15 is 0 Å². The van der Waals surface area contributed by atoms with Crippen molar-refractivity contribution in [2.24, 2.45) is 0 Å². The van der Waals surface area contributed by atoms with Crippen molar-refractivity contribution in [3.05, 3.63) is 169 Å². The highest BCUT2D eigenvalue weighted by molar-refractivity contribution is 6.10. The highest BCUT2D eigenvalue weighted by atomic mass is 15.0. The molecule has 222 valence electrons. The summed E-state index contributed by atoms with van der Waals surface area (Å²) in [6.45, 7) is 0. The second-order valence-corrected chi connectivity index (χ2v) is 12.0. The Kier molecular flexibility index (Phi) is 6.22. The number of hydrogen-bond acceptors (Lipinski definition) is 2. The maximum atomic E-state index is 10.4. The molecule has 0 saturated carbocycles. The van der Waals surface area contributed by atoms with Gasteiger partial charge in [-0.2, -0.15) is 10.5 Å². The van der Waals surface area contributed by atoms with Gasteiger partial charge in [0.15, 0.2) is 0 Å². The Morgan fingerprint density at radius 1 is 0.396 bits per heavy atom. The molecule has 2 heterocycles. The van der Waals surface area contributed by atoms with Gasteiger partial charge < -0.3 is 9.13 Å². The van der Waals surface area contributed by atoms with Crippen LogP contribution in [0, 0.1) is 22.7 Å². The lowest BCUT2D eigenvalue weighted by molar-refractivity contribution is 1.18. The van der Waals surface area contributed by atoms with Crippen molar-refractivity contribution in [3.63, 3.8) is 0 Å². The molecule has 0 radical (unpaired) electrons. The van der Waals surface area contributed by atoms with Crippen molar-refractivity contribution in [1.82, 2.24) is 9.13 Å². The topological polar surface area (TPSA) is 57.4 Å². The third-order valence-electron chi connectivity index (χ3n) is 9.41. The van der Waals surface area contributed by atoms with Gasteiger partial charge in [-0.15, -0.1) is 0 Å². The number of benzene rings is 7. The average molecular weight is 611 g/mol. The number of nitriles is 2. The van der Waals surface area contributed by atoms with E-state index < -0.39 is 0 Å². The van der Waals surface area contributed by atoms with Gasteiger partial charge in [0, 0.05) is 38.4 Å². The summed E-state index contributed by atoms with van der Waals surface area (Å²) in [5.41, 5.74) is 10.8. The maximum Gasteiger partial charge on any atom is 0.0998 e. The number of nitrogens with zero attached hydrogens (tertiary/aromatic N) is 4. The summed E-state index contributed by atoms with van der Waals surface area (Å²) in [6, 6.07) is 58.8. The Labute approximate surface area is 277 Å². The predicted octanol–water partition coefficient (Wildman–Crippen LogP) is 11.0. The van der Waals surface area contributed by atoms with Crippen molar-refractivity contribution >= 4 is 43.6 Å². The van der Waals surface area contributed by atoms with Crippen molar-refractivity contribution < 1.29 is 0 Å². The average Bonchev–Trinajstić information content (AvgIpc) is 3.67. The molecule has 0 unspecified atom stereocenters. The summed E-state index contributed by atoms with van der Waals surface area (Å²) in [7, 11) is 0. The van der Waals surface area contributed by atoms with Gasteiger partial charge in [0.05, 0.1) is 51.0 Å². The zero-order valence-electron chi connectivity index (χ0n) is 25.8. The molecule has 4 nitrogen and oxygen atoms in total. The fraction of sp³-hybridized carbons (Fsp3) is 0. The van der Waals surface area contributed by atoms with E-state index in [4.69, 9.17) is 0 Å². The van der Waals surface area contributed by atoms with E-state index in [1.54, 1.807) is 0 Å². The molecule has 9 rings (SSSR count). The van der Waals surface area contributed by atoms with Crippen molar-refractivity contribution in [3.8, 4) is 45.8 Å². The Morgan fingerprint density at radius 2 is 0.896 bits per heavy atom. The van der Waals surface area contributed by atoms with Crippen LogP contribution in [0.2, 0.25) is 0 Å². The third-order valence-corrected chi connectivity index (χ3v) is 9.41. The van der Waals surface area contributed by atoms with E-state index in [9.17, 15) is 10.5 Å². The Balaban J connectivity index is 1.27. The number of fused-ring (bicyclic) bond motifs is 6. The minimum atomic E-state index is 0.516. The van der Waals surface area contributed by atoms with Gasteiger partial charge in [0.2, 0.25) is 0 Å². The SMILES string of the molecule is N#Cc1ccc(-c2cccc(-n3c4ccccc4c4ccccc43)c2)cc1-c1c(C#N)cccc1-n1c2ccccc2c2ccccc21. The zero-order chi connectivity index (χ0) is 32.2. The van der Waals surface area contributed by atoms with E-state index in [1.165, 1.54) is 10.8 Å². The van der Waals surface area contributed by atoms with E-state index in [0.717, 1.165) is 66.5 Å². The fourth-order valence-corrected chi connectivity index (χ4v) is 7.34. The van der Waals surface area contributed by atoms with Crippen molar-refractivity contribution in [2.75, 3.05) is 0 Å². The van der Waals surface area contributed by atoms with Crippen LogP contribution in [-0.4, -0.2) is 9.13 Å². The van der Waals surface area contributed by atoms with Gasteiger partial charge in [-0.3, -0.25) is 0 Å². The van der Waals surface area contributed by atoms with Crippen LogP contribution in [0.4, 0.5) is 0 Å². The second kappa shape index (κ2) is 10.9. The Hall–Kier alpha value is -6.88. The maximum absolute atomic E-state index is 10.4. The molecule has 4 heteroatoms. The van der Waals surface area contributed by atoms with Crippen LogP contribution in [-0.2, 0) is 0 Å². The van der Waals surface area contributed by atoms with Crippen LogP contribution in [0.1, 0.15) is 11.1 Å². The number of aromatic nitrogens is 2. The largest absolute Gasteiger partial charge is 0.309 e. The van der Waals surface area contributed by atoms with E-state index in [-0.39, 0.29) is 0 Å². The smallest absolute Gasteiger partial charge is 0.0998 e. The van der Waals surface area contributed by atoms with Crippen molar-refractivity contribution in [2.45, 2.75) is 0 Å². The first-order chi connectivity index (χ1) is 23.7. The number of hydrogen-bond donors (Lipinski definition) is 0. The molecular weight excluding hydrogens is 585 g/mol. The molecule has 0 N–H and O–H groups in total. The molecule has 0 aliphatic rings. The molecule has 2 aromatic heterocycles. The monoisotopic (exact) mass is 610 g/mol. The van der Waals surface area contributed by atoms with Gasteiger partial charge in [0.1, 0.15) is 0 Å². The molecule has 7 aromatic carbocycles. The second-order valence-electron chi connectivity index (χ2n) is 12.0. The summed E-state index contributed by atoms with van der Waals surface area (Å²) in [5, 5.41) is 25.5. The summed E-state index contributed by atoms with van der Waals surface area (Å²) in [5.74, 6) is 0. The first kappa shape index (κ1) is 27.4. The molecule has 0 saturated heterocycles. The summed E-state index contributed by atoms with van der Waals surface area (Å²) in [4.78, 5) is 0. The van der Waals surface area contributed by atoms with Gasteiger partial charge in [-0.05, 0) is 71.8 Å². The molecular formula is C44H26N4. The number of para-hydroxylation sites is 4. The van der Waals surface area contributed by atoms with Gasteiger partial charge in [-0.1, -0.05) is 97.1 Å². The van der Waals surface area contributed by atoms with Crippen LogP contribution in [0.15, 0.2) is 158 Å². The summed E-state index contributed by atoms with van der Waals surface area (Å²) < 4.78 is 4.53. The predicted molar refractivity (Wildman–Crippen MR) is 195 cm³/mol. The molecule has 0 aliphatic carbocycles. The first-order valence-electron chi connectivity index (χ1n) is 15.9. The van der Waals surface area contributed by atoms with Crippen LogP contribution in [0.5, 0.6) is 0 Å². The van der Waals surface area contributed by atoms with E-state index in [2.05, 4.69) is 137 Å².